The zero-order valence-electron chi connectivity index (χ0n) is 19.2. The van der Waals surface area contributed by atoms with Crippen molar-refractivity contribution in [2.24, 2.45) is 0 Å². The summed E-state index contributed by atoms with van der Waals surface area (Å²) < 4.78 is 102. The third kappa shape index (κ3) is 6.70. The molecular formula is C23H18ClF7N2O3S. The number of hydrogen-bond donors (Lipinski definition) is 2. The molecule has 0 bridgehead atoms. The molecule has 1 amide bonds. The fourth-order valence-corrected chi connectivity index (χ4v) is 4.37. The van der Waals surface area contributed by atoms with Gasteiger partial charge in [0.1, 0.15) is 32.9 Å². The standard InChI is InChI=1S/C23H18ClF7N2O3S/c1-21(2,35)17-18(23(29,30)31)37-20(33-17)10-8-15(36-9-22(3,27)28)11(7-14(10)26)19(34)32-16-12(24)5-4-6-13(16)25/h4-8,35H,9H2,1-3H3,(H,32,34). The number of halogens is 8. The van der Waals surface area contributed by atoms with Crippen LogP contribution in [0.3, 0.4) is 0 Å². The van der Waals surface area contributed by atoms with Gasteiger partial charge in [-0.25, -0.2) is 22.5 Å². The van der Waals surface area contributed by atoms with Crippen LogP contribution in [-0.4, -0.2) is 28.5 Å². The molecular weight excluding hydrogens is 553 g/mol. The van der Waals surface area contributed by atoms with Crippen molar-refractivity contribution in [1.29, 1.82) is 0 Å². The van der Waals surface area contributed by atoms with Gasteiger partial charge in [0.15, 0.2) is 6.61 Å². The van der Waals surface area contributed by atoms with Crippen molar-refractivity contribution in [3.8, 4) is 16.3 Å². The van der Waals surface area contributed by atoms with Crippen molar-refractivity contribution >= 4 is 34.5 Å². The molecule has 0 saturated carbocycles. The Balaban J connectivity index is 2.14. The summed E-state index contributed by atoms with van der Waals surface area (Å²) in [6.45, 7) is 1.33. The minimum absolute atomic E-state index is 0.00631. The zero-order valence-corrected chi connectivity index (χ0v) is 20.8. The molecule has 0 aliphatic rings. The van der Waals surface area contributed by atoms with Gasteiger partial charge >= 0.3 is 6.18 Å². The maximum absolute atomic E-state index is 15.1. The Morgan fingerprint density at radius 2 is 1.76 bits per heavy atom. The van der Waals surface area contributed by atoms with Crippen LogP contribution in [0.2, 0.25) is 5.02 Å². The number of ether oxygens (including phenoxy) is 1. The van der Waals surface area contributed by atoms with Gasteiger partial charge in [-0.05, 0) is 38.1 Å². The molecule has 14 heteroatoms. The number of para-hydroxylation sites is 1. The monoisotopic (exact) mass is 570 g/mol. The molecule has 0 aliphatic heterocycles. The van der Waals surface area contributed by atoms with Crippen molar-refractivity contribution in [3.05, 3.63) is 63.1 Å². The lowest BCUT2D eigenvalue weighted by Gasteiger charge is -2.17. The van der Waals surface area contributed by atoms with Crippen molar-refractivity contribution in [3.63, 3.8) is 0 Å². The van der Waals surface area contributed by atoms with Gasteiger partial charge in [0.05, 0.1) is 22.0 Å². The number of aromatic nitrogens is 1. The second kappa shape index (κ2) is 10.1. The van der Waals surface area contributed by atoms with E-state index in [2.05, 4.69) is 10.3 Å². The van der Waals surface area contributed by atoms with Gasteiger partial charge in [0.2, 0.25) is 0 Å². The first-order chi connectivity index (χ1) is 16.9. The van der Waals surface area contributed by atoms with Gasteiger partial charge in [-0.1, -0.05) is 17.7 Å². The normalized spacial score (nSPS) is 12.5. The zero-order chi connectivity index (χ0) is 27.9. The number of amides is 1. The number of aliphatic hydroxyl groups is 1. The van der Waals surface area contributed by atoms with Crippen LogP contribution in [0.15, 0.2) is 30.3 Å². The van der Waals surface area contributed by atoms with Gasteiger partial charge in [-0.2, -0.15) is 13.2 Å². The van der Waals surface area contributed by atoms with Crippen molar-refractivity contribution in [2.75, 3.05) is 11.9 Å². The Kier molecular flexibility index (Phi) is 7.83. The summed E-state index contributed by atoms with van der Waals surface area (Å²) in [5.74, 6) is -7.45. The minimum Gasteiger partial charge on any atom is -0.486 e. The number of carbonyl (C=O) groups is 1. The predicted octanol–water partition coefficient (Wildman–Crippen LogP) is 7.27. The van der Waals surface area contributed by atoms with Crippen LogP contribution in [0.5, 0.6) is 5.75 Å². The molecule has 5 nitrogen and oxygen atoms in total. The summed E-state index contributed by atoms with van der Waals surface area (Å²) in [5, 5.41) is 11.5. The number of rotatable bonds is 7. The van der Waals surface area contributed by atoms with E-state index in [-0.39, 0.29) is 16.4 Å². The number of benzene rings is 2. The van der Waals surface area contributed by atoms with E-state index in [1.54, 1.807) is 0 Å². The molecule has 3 rings (SSSR count). The molecule has 200 valence electrons. The third-order valence-electron chi connectivity index (χ3n) is 4.69. The average molecular weight is 571 g/mol. The van der Waals surface area contributed by atoms with Crippen LogP contribution in [0, 0.1) is 11.6 Å². The van der Waals surface area contributed by atoms with Gasteiger partial charge in [0.25, 0.3) is 11.8 Å². The first-order valence-electron chi connectivity index (χ1n) is 10.3. The van der Waals surface area contributed by atoms with E-state index in [1.807, 2.05) is 0 Å². The number of nitrogens with zero attached hydrogens (tertiary/aromatic N) is 1. The summed E-state index contributed by atoms with van der Waals surface area (Å²) in [6.07, 6.45) is -4.94. The number of hydrogen-bond acceptors (Lipinski definition) is 5. The van der Waals surface area contributed by atoms with E-state index >= 15 is 4.39 Å². The molecule has 1 aromatic heterocycles. The molecule has 0 radical (unpaired) electrons. The fraction of sp³-hybridized carbons (Fsp3) is 0.304. The Labute approximate surface area is 214 Å². The van der Waals surface area contributed by atoms with Crippen molar-refractivity contribution in [2.45, 2.75) is 38.5 Å². The highest BCUT2D eigenvalue weighted by Crippen LogP contribution is 2.44. The van der Waals surface area contributed by atoms with E-state index in [4.69, 9.17) is 16.3 Å². The van der Waals surface area contributed by atoms with Crippen LogP contribution in [0.4, 0.5) is 36.4 Å². The van der Waals surface area contributed by atoms with Crippen LogP contribution in [-0.2, 0) is 11.8 Å². The number of carbonyl (C=O) groups excluding carboxylic acids is 1. The predicted molar refractivity (Wildman–Crippen MR) is 123 cm³/mol. The molecule has 2 aromatic carbocycles. The minimum atomic E-state index is -4.94. The summed E-state index contributed by atoms with van der Waals surface area (Å²) in [4.78, 5) is 15.3. The largest absolute Gasteiger partial charge is 0.486 e. The topological polar surface area (TPSA) is 71.5 Å². The summed E-state index contributed by atoms with van der Waals surface area (Å²) >= 11 is 5.88. The van der Waals surface area contributed by atoms with Gasteiger partial charge in [-0.3, -0.25) is 4.79 Å². The molecule has 3 aromatic rings. The molecule has 37 heavy (non-hydrogen) atoms. The number of alkyl halides is 5. The summed E-state index contributed by atoms with van der Waals surface area (Å²) in [6, 6.07) is 4.74. The number of nitrogens with one attached hydrogen (secondary N) is 1. The molecule has 0 spiro atoms. The molecule has 0 saturated heterocycles. The Morgan fingerprint density at radius 3 is 2.27 bits per heavy atom. The fourth-order valence-electron chi connectivity index (χ4n) is 3.06. The molecule has 0 atom stereocenters. The van der Waals surface area contributed by atoms with Gasteiger partial charge in [0, 0.05) is 12.5 Å². The van der Waals surface area contributed by atoms with Gasteiger partial charge in [-0.15, -0.1) is 11.3 Å². The van der Waals surface area contributed by atoms with Crippen molar-refractivity contribution < 1.29 is 45.4 Å². The highest BCUT2D eigenvalue weighted by molar-refractivity contribution is 7.15. The highest BCUT2D eigenvalue weighted by atomic mass is 35.5. The third-order valence-corrected chi connectivity index (χ3v) is 6.14. The second-order valence-electron chi connectivity index (χ2n) is 8.49. The summed E-state index contributed by atoms with van der Waals surface area (Å²) in [7, 11) is 0. The quantitative estimate of drug-likeness (QED) is 0.293. The maximum atomic E-state index is 15.1. The van der Waals surface area contributed by atoms with E-state index in [0.717, 1.165) is 26.0 Å². The Morgan fingerprint density at radius 1 is 1.11 bits per heavy atom. The average Bonchev–Trinajstić information content (AvgIpc) is 3.21. The van der Waals surface area contributed by atoms with Crippen LogP contribution in [0.25, 0.3) is 10.6 Å². The lowest BCUT2D eigenvalue weighted by atomic mass is 10.0. The van der Waals surface area contributed by atoms with E-state index in [1.165, 1.54) is 12.1 Å². The molecule has 0 fully saturated rings. The Bertz CT molecular complexity index is 1280. The van der Waals surface area contributed by atoms with Crippen LogP contribution >= 0.6 is 22.9 Å². The van der Waals surface area contributed by atoms with E-state index < -0.39 is 80.0 Å². The highest BCUT2D eigenvalue weighted by Gasteiger charge is 2.41. The van der Waals surface area contributed by atoms with Crippen LogP contribution in [0.1, 0.15) is 41.7 Å². The Hall–Kier alpha value is -2.90. The smallest absolute Gasteiger partial charge is 0.427 e. The SMILES string of the molecule is CC(F)(F)COc1cc(-c2nc(C(C)(C)O)c(C(F)(F)F)s2)c(F)cc1C(=O)Nc1c(F)cccc1Cl. The lowest BCUT2D eigenvalue weighted by molar-refractivity contribution is -0.137. The van der Waals surface area contributed by atoms with E-state index in [9.17, 15) is 36.2 Å². The summed E-state index contributed by atoms with van der Waals surface area (Å²) in [5.41, 5.74) is -4.59. The van der Waals surface area contributed by atoms with Crippen molar-refractivity contribution in [1.82, 2.24) is 4.98 Å². The molecule has 0 unspecified atom stereocenters. The maximum Gasteiger partial charge on any atom is 0.427 e. The first kappa shape index (κ1) is 28.7. The molecule has 1 heterocycles. The number of thiazole rings is 1. The first-order valence-corrected chi connectivity index (χ1v) is 11.5. The second-order valence-corrected chi connectivity index (χ2v) is 9.90. The number of anilines is 1. The molecule has 0 aliphatic carbocycles. The van der Waals surface area contributed by atoms with Crippen LogP contribution < -0.4 is 10.1 Å². The lowest BCUT2D eigenvalue weighted by Crippen LogP contribution is -2.23. The molecule has 2 N–H and O–H groups in total. The van der Waals surface area contributed by atoms with E-state index in [0.29, 0.717) is 13.0 Å². The van der Waals surface area contributed by atoms with Gasteiger partial charge < -0.3 is 15.2 Å².